The molecule has 0 amide bonds. The fourth-order valence-electron chi connectivity index (χ4n) is 3.69. The van der Waals surface area contributed by atoms with E-state index in [1.165, 1.54) is 5.56 Å². The first-order chi connectivity index (χ1) is 15.1. The van der Waals surface area contributed by atoms with Crippen LogP contribution in [0.1, 0.15) is 16.7 Å². The highest BCUT2D eigenvalue weighted by molar-refractivity contribution is 5.76. The summed E-state index contributed by atoms with van der Waals surface area (Å²) in [7, 11) is 5.21. The summed E-state index contributed by atoms with van der Waals surface area (Å²) in [4.78, 5) is 16.3. The SMILES string of the molecule is COc1cc(C[NH2+]Cc2cccnc2)ccc1OCc1ccc2c(c1)n(C)c(=O)n2C.[Cl-]. The maximum Gasteiger partial charge on any atom is 0.328 e. The molecule has 168 valence electrons. The number of rotatable bonds is 8. The van der Waals surface area contributed by atoms with Gasteiger partial charge in [0.05, 0.1) is 18.1 Å². The van der Waals surface area contributed by atoms with Crippen molar-refractivity contribution in [2.24, 2.45) is 14.1 Å². The molecule has 0 radical (unpaired) electrons. The Bertz CT molecular complexity index is 1250. The first kappa shape index (κ1) is 23.4. The van der Waals surface area contributed by atoms with Gasteiger partial charge >= 0.3 is 5.69 Å². The maximum atomic E-state index is 12.1. The summed E-state index contributed by atoms with van der Waals surface area (Å²) in [5.74, 6) is 1.40. The van der Waals surface area contributed by atoms with E-state index in [2.05, 4.69) is 22.4 Å². The first-order valence-electron chi connectivity index (χ1n) is 10.2. The zero-order valence-electron chi connectivity index (χ0n) is 18.4. The number of nitrogens with two attached hydrogens (primary N) is 1. The molecule has 2 aromatic carbocycles. The van der Waals surface area contributed by atoms with Crippen LogP contribution in [0.2, 0.25) is 0 Å². The van der Waals surface area contributed by atoms with Crippen molar-refractivity contribution in [3.8, 4) is 11.5 Å². The standard InChI is InChI=1S/C24H26N4O3.ClH/c1-27-20-8-6-18(11-21(20)28(2)24(27)29)16-31-22-9-7-17(12-23(22)30-3)13-26-15-19-5-4-10-25-14-19;/h4-12,14,26H,13,15-16H2,1-3H3;1H. The number of fused-ring (bicyclic) bond motifs is 1. The van der Waals surface area contributed by atoms with E-state index in [4.69, 9.17) is 9.47 Å². The molecule has 7 nitrogen and oxygen atoms in total. The van der Waals surface area contributed by atoms with Crippen LogP contribution in [0.4, 0.5) is 0 Å². The van der Waals surface area contributed by atoms with Gasteiger partial charge in [0, 0.05) is 37.6 Å². The Labute approximate surface area is 193 Å². The molecule has 2 N–H and O–H groups in total. The van der Waals surface area contributed by atoms with E-state index in [9.17, 15) is 4.79 Å². The molecule has 0 aliphatic carbocycles. The second-order valence-electron chi connectivity index (χ2n) is 7.56. The summed E-state index contributed by atoms with van der Waals surface area (Å²) in [6.07, 6.45) is 3.67. The molecule has 32 heavy (non-hydrogen) atoms. The summed E-state index contributed by atoms with van der Waals surface area (Å²) < 4.78 is 14.9. The minimum Gasteiger partial charge on any atom is -1.00 e. The number of imidazole rings is 1. The Hall–Kier alpha value is -3.29. The van der Waals surface area contributed by atoms with Crippen LogP contribution in [0.3, 0.4) is 0 Å². The molecule has 8 heteroatoms. The number of halogens is 1. The van der Waals surface area contributed by atoms with Gasteiger partial charge in [-0.3, -0.25) is 14.1 Å². The van der Waals surface area contributed by atoms with Gasteiger partial charge in [-0.1, -0.05) is 12.1 Å². The van der Waals surface area contributed by atoms with Crippen LogP contribution in [-0.4, -0.2) is 21.2 Å². The van der Waals surface area contributed by atoms with Gasteiger partial charge < -0.3 is 27.2 Å². The summed E-state index contributed by atoms with van der Waals surface area (Å²) in [6, 6.07) is 16.0. The number of hydrogen-bond donors (Lipinski definition) is 1. The Kier molecular flexibility index (Phi) is 7.56. The van der Waals surface area contributed by atoms with Crippen LogP contribution < -0.4 is 32.9 Å². The van der Waals surface area contributed by atoms with Gasteiger partial charge in [0.2, 0.25) is 0 Å². The number of aryl methyl sites for hydroxylation is 2. The molecule has 2 aromatic heterocycles. The summed E-state index contributed by atoms with van der Waals surface area (Å²) in [5.41, 5.74) is 5.10. The molecular weight excluding hydrogens is 428 g/mol. The third kappa shape index (κ3) is 4.95. The first-order valence-corrected chi connectivity index (χ1v) is 10.2. The lowest BCUT2D eigenvalue weighted by Gasteiger charge is -2.12. The predicted octanol–water partition coefficient (Wildman–Crippen LogP) is -0.873. The molecule has 0 spiro atoms. The quantitative estimate of drug-likeness (QED) is 0.375. The van der Waals surface area contributed by atoms with Crippen LogP contribution in [0, 0.1) is 0 Å². The number of pyridine rings is 1. The number of methoxy groups -OCH3 is 1. The Morgan fingerprint density at radius 2 is 1.66 bits per heavy atom. The van der Waals surface area contributed by atoms with Crippen molar-refractivity contribution in [2.45, 2.75) is 19.7 Å². The van der Waals surface area contributed by atoms with E-state index in [0.717, 1.165) is 35.2 Å². The van der Waals surface area contributed by atoms with Gasteiger partial charge in [-0.25, -0.2) is 4.79 Å². The van der Waals surface area contributed by atoms with Gasteiger partial charge in [-0.05, 0) is 42.0 Å². The second-order valence-corrected chi connectivity index (χ2v) is 7.56. The summed E-state index contributed by atoms with van der Waals surface area (Å²) >= 11 is 0. The molecule has 0 aliphatic heterocycles. The monoisotopic (exact) mass is 454 g/mol. The van der Waals surface area contributed by atoms with Gasteiger partial charge in [-0.15, -0.1) is 0 Å². The predicted molar refractivity (Wildman–Crippen MR) is 119 cm³/mol. The molecule has 0 fully saturated rings. The van der Waals surface area contributed by atoms with Crippen LogP contribution in [0.15, 0.2) is 65.7 Å². The van der Waals surface area contributed by atoms with Crippen molar-refractivity contribution in [1.29, 1.82) is 0 Å². The highest BCUT2D eigenvalue weighted by Gasteiger charge is 2.10. The van der Waals surface area contributed by atoms with Gasteiger partial charge in [0.15, 0.2) is 11.5 Å². The number of hydrogen-bond acceptors (Lipinski definition) is 4. The Morgan fingerprint density at radius 1 is 0.906 bits per heavy atom. The van der Waals surface area contributed by atoms with Crippen molar-refractivity contribution in [1.82, 2.24) is 14.1 Å². The maximum absolute atomic E-state index is 12.1. The molecule has 0 saturated heterocycles. The number of ether oxygens (including phenoxy) is 2. The number of benzene rings is 2. The lowest BCUT2D eigenvalue weighted by Crippen LogP contribution is -3.00. The topological polar surface area (TPSA) is 74.9 Å². The zero-order chi connectivity index (χ0) is 21.8. The van der Waals surface area contributed by atoms with E-state index in [0.29, 0.717) is 18.1 Å². The molecular formula is C24H27ClN4O3. The molecule has 4 aromatic rings. The molecule has 4 rings (SSSR count). The fraction of sp³-hybridized carbons (Fsp3) is 0.250. The second kappa shape index (κ2) is 10.3. The molecule has 0 saturated carbocycles. The normalized spacial score (nSPS) is 10.7. The molecule has 0 aliphatic rings. The van der Waals surface area contributed by atoms with Crippen molar-refractivity contribution < 1.29 is 27.2 Å². The average molecular weight is 455 g/mol. The van der Waals surface area contributed by atoms with Gasteiger partial charge in [0.25, 0.3) is 0 Å². The number of quaternary nitrogens is 1. The van der Waals surface area contributed by atoms with E-state index in [-0.39, 0.29) is 18.1 Å². The largest absolute Gasteiger partial charge is 1.00 e. The van der Waals surface area contributed by atoms with Crippen LogP contribution >= 0.6 is 0 Å². The zero-order valence-corrected chi connectivity index (χ0v) is 19.2. The number of nitrogens with zero attached hydrogens (tertiary/aromatic N) is 3. The third-order valence-corrected chi connectivity index (χ3v) is 5.44. The van der Waals surface area contributed by atoms with E-state index >= 15 is 0 Å². The summed E-state index contributed by atoms with van der Waals surface area (Å²) in [5, 5.41) is 2.23. The molecule has 2 heterocycles. The average Bonchev–Trinajstić information content (AvgIpc) is 3.02. The van der Waals surface area contributed by atoms with Gasteiger partial charge in [0.1, 0.15) is 19.7 Å². The van der Waals surface area contributed by atoms with Crippen molar-refractivity contribution in [3.05, 3.63) is 88.1 Å². The minimum absolute atomic E-state index is 0. The Morgan fingerprint density at radius 3 is 2.41 bits per heavy atom. The van der Waals surface area contributed by atoms with Crippen LogP contribution in [-0.2, 0) is 33.8 Å². The lowest BCUT2D eigenvalue weighted by atomic mass is 10.2. The Balaban J connectivity index is 0.00000289. The van der Waals surface area contributed by atoms with E-state index in [1.54, 1.807) is 36.5 Å². The van der Waals surface area contributed by atoms with Gasteiger partial charge in [-0.2, -0.15) is 0 Å². The van der Waals surface area contributed by atoms with Crippen LogP contribution in [0.5, 0.6) is 11.5 Å². The van der Waals surface area contributed by atoms with Crippen molar-refractivity contribution in [2.75, 3.05) is 7.11 Å². The molecule has 0 unspecified atom stereocenters. The highest BCUT2D eigenvalue weighted by atomic mass is 35.5. The smallest absolute Gasteiger partial charge is 0.328 e. The molecule has 0 atom stereocenters. The fourth-order valence-corrected chi connectivity index (χ4v) is 3.69. The van der Waals surface area contributed by atoms with Crippen molar-refractivity contribution >= 4 is 11.0 Å². The highest BCUT2D eigenvalue weighted by Crippen LogP contribution is 2.29. The minimum atomic E-state index is -0.0364. The van der Waals surface area contributed by atoms with E-state index in [1.807, 2.05) is 42.6 Å². The molecule has 0 bridgehead atoms. The third-order valence-electron chi connectivity index (χ3n) is 5.44. The lowest BCUT2D eigenvalue weighted by molar-refractivity contribution is -0.686. The van der Waals surface area contributed by atoms with Crippen LogP contribution in [0.25, 0.3) is 11.0 Å². The number of aromatic nitrogens is 3. The van der Waals surface area contributed by atoms with Crippen molar-refractivity contribution in [3.63, 3.8) is 0 Å². The summed E-state index contributed by atoms with van der Waals surface area (Å²) in [6.45, 7) is 2.10. The van der Waals surface area contributed by atoms with E-state index < -0.39 is 0 Å².